The predicted molar refractivity (Wildman–Crippen MR) is 95.3 cm³/mol. The molecule has 2 aromatic rings. The largest absolute Gasteiger partial charge is 0.445 e. The molecule has 1 amide bonds. The summed E-state index contributed by atoms with van der Waals surface area (Å²) in [6, 6.07) is 8.46. The van der Waals surface area contributed by atoms with E-state index in [4.69, 9.17) is 20.4 Å². The number of rotatable bonds is 4. The predicted octanol–water partition coefficient (Wildman–Crippen LogP) is 2.83. The molecular formula is C19H22N4O2. The molecule has 1 aliphatic carbocycles. The van der Waals surface area contributed by atoms with E-state index < -0.39 is 6.09 Å². The number of aryl methyl sites for hydroxylation is 1. The van der Waals surface area contributed by atoms with Crippen LogP contribution in [0.15, 0.2) is 24.3 Å². The molecule has 1 aromatic heterocycles. The summed E-state index contributed by atoms with van der Waals surface area (Å²) in [7, 11) is 0. The highest BCUT2D eigenvalue weighted by Gasteiger charge is 2.29. The fraction of sp³-hybridized carbons (Fsp3) is 0.421. The number of nitrogens with zero attached hydrogens (tertiary/aromatic N) is 3. The summed E-state index contributed by atoms with van der Waals surface area (Å²) in [6.45, 7) is 3.40. The fourth-order valence-electron chi connectivity index (χ4n) is 3.56. The molecule has 1 unspecified atom stereocenters. The molecule has 130 valence electrons. The molecular weight excluding hydrogens is 316 g/mol. The van der Waals surface area contributed by atoms with Gasteiger partial charge in [0, 0.05) is 29.4 Å². The van der Waals surface area contributed by atoms with Gasteiger partial charge in [-0.25, -0.2) is 14.8 Å². The van der Waals surface area contributed by atoms with Crippen molar-refractivity contribution in [2.75, 3.05) is 11.4 Å². The third-order valence-electron chi connectivity index (χ3n) is 5.08. The lowest BCUT2D eigenvalue weighted by atomic mass is 10.0. The van der Waals surface area contributed by atoms with Crippen molar-refractivity contribution in [2.24, 2.45) is 5.73 Å². The maximum atomic E-state index is 10.8. The van der Waals surface area contributed by atoms with E-state index in [9.17, 15) is 4.79 Å². The molecule has 1 saturated heterocycles. The lowest BCUT2D eigenvalue weighted by Gasteiger charge is -2.39. The highest BCUT2D eigenvalue weighted by Crippen LogP contribution is 2.34. The molecule has 25 heavy (non-hydrogen) atoms. The molecule has 1 aromatic carbocycles. The summed E-state index contributed by atoms with van der Waals surface area (Å²) >= 11 is 0. The molecule has 2 heterocycles. The maximum absolute atomic E-state index is 10.8. The number of carbonyl (C=O) groups excluding carboxylic acids is 1. The minimum atomic E-state index is -0.762. The molecule has 6 nitrogen and oxygen atoms in total. The normalized spacial score (nSPS) is 18.6. The van der Waals surface area contributed by atoms with E-state index in [0.29, 0.717) is 6.04 Å². The average Bonchev–Trinajstić information content (AvgIpc) is 3.06. The zero-order chi connectivity index (χ0) is 17.4. The van der Waals surface area contributed by atoms with Crippen LogP contribution in [0.4, 0.5) is 10.7 Å². The monoisotopic (exact) mass is 338 g/mol. The van der Waals surface area contributed by atoms with Crippen LogP contribution in [0.3, 0.4) is 0 Å². The zero-order valence-corrected chi connectivity index (χ0v) is 14.4. The number of amides is 1. The van der Waals surface area contributed by atoms with Gasteiger partial charge in [-0.2, -0.15) is 0 Å². The lowest BCUT2D eigenvalue weighted by Crippen LogP contribution is -2.46. The molecule has 4 rings (SSSR count). The van der Waals surface area contributed by atoms with Crippen molar-refractivity contribution in [1.29, 1.82) is 0 Å². The number of primary amides is 1. The smallest absolute Gasteiger partial charge is 0.404 e. The number of carbonyl (C=O) groups is 1. The van der Waals surface area contributed by atoms with Gasteiger partial charge in [-0.1, -0.05) is 18.2 Å². The first-order valence-electron chi connectivity index (χ1n) is 8.80. The third kappa shape index (κ3) is 3.04. The van der Waals surface area contributed by atoms with Gasteiger partial charge in [0.1, 0.15) is 6.61 Å². The highest BCUT2D eigenvalue weighted by atomic mass is 16.5. The zero-order valence-electron chi connectivity index (χ0n) is 14.4. The number of hydrogen-bond donors (Lipinski definition) is 1. The fourth-order valence-corrected chi connectivity index (χ4v) is 3.56. The summed E-state index contributed by atoms with van der Waals surface area (Å²) in [4.78, 5) is 22.8. The molecule has 1 aliphatic heterocycles. The van der Waals surface area contributed by atoms with Crippen molar-refractivity contribution in [3.8, 4) is 11.3 Å². The van der Waals surface area contributed by atoms with Gasteiger partial charge >= 0.3 is 6.09 Å². The van der Waals surface area contributed by atoms with E-state index in [1.54, 1.807) is 0 Å². The molecule has 0 spiro atoms. The lowest BCUT2D eigenvalue weighted by molar-refractivity contribution is 0.150. The number of nitrogens with two attached hydrogens (primary N) is 1. The van der Waals surface area contributed by atoms with E-state index in [1.165, 1.54) is 17.7 Å². The van der Waals surface area contributed by atoms with Crippen molar-refractivity contribution in [3.63, 3.8) is 0 Å². The van der Waals surface area contributed by atoms with Crippen molar-refractivity contribution >= 4 is 12.0 Å². The van der Waals surface area contributed by atoms with E-state index in [-0.39, 0.29) is 6.61 Å². The quantitative estimate of drug-likeness (QED) is 0.927. The molecule has 0 saturated carbocycles. The summed E-state index contributed by atoms with van der Waals surface area (Å²) in [5.41, 5.74) is 10.5. The molecule has 1 atom stereocenters. The number of anilines is 1. The Morgan fingerprint density at radius 3 is 2.96 bits per heavy atom. The Morgan fingerprint density at radius 1 is 1.36 bits per heavy atom. The van der Waals surface area contributed by atoms with Crippen LogP contribution >= 0.6 is 0 Å². The molecule has 1 fully saturated rings. The Balaban J connectivity index is 1.72. The first-order chi connectivity index (χ1) is 12.1. The van der Waals surface area contributed by atoms with Gasteiger partial charge in [-0.3, -0.25) is 0 Å². The van der Waals surface area contributed by atoms with Gasteiger partial charge in [0.05, 0.1) is 5.69 Å². The second-order valence-electron chi connectivity index (χ2n) is 6.79. The number of fused-ring (bicyclic) bond motifs is 1. The second-order valence-corrected chi connectivity index (χ2v) is 6.79. The van der Waals surface area contributed by atoms with Gasteiger partial charge in [-0.05, 0) is 44.2 Å². The number of ether oxygens (including phenoxy) is 1. The van der Waals surface area contributed by atoms with Gasteiger partial charge in [-0.15, -0.1) is 0 Å². The van der Waals surface area contributed by atoms with Crippen LogP contribution in [0.5, 0.6) is 0 Å². The summed E-state index contributed by atoms with van der Waals surface area (Å²) in [5.74, 6) is 0.841. The SMILES string of the molecule is CC1CCN1c1nc2c(c(-c3cccc(COC(N)=O)c3)n1)CCC2. The molecule has 6 heteroatoms. The highest BCUT2D eigenvalue weighted by molar-refractivity contribution is 5.68. The van der Waals surface area contributed by atoms with Crippen LogP contribution in [0.25, 0.3) is 11.3 Å². The van der Waals surface area contributed by atoms with Crippen molar-refractivity contribution < 1.29 is 9.53 Å². The standard InChI is InChI=1S/C19H22N4O2/c1-12-8-9-23(12)19-21-16-7-3-6-15(16)17(22-19)14-5-2-4-13(10-14)11-25-18(20)24/h2,4-5,10,12H,3,6-9,11H2,1H3,(H2,20,24). The minimum absolute atomic E-state index is 0.173. The Hall–Kier alpha value is -2.63. The Labute approximate surface area is 147 Å². The summed E-state index contributed by atoms with van der Waals surface area (Å²) in [6.07, 6.45) is 3.59. The Bertz CT molecular complexity index is 821. The van der Waals surface area contributed by atoms with Crippen molar-refractivity contribution in [3.05, 3.63) is 41.1 Å². The second kappa shape index (κ2) is 6.35. The van der Waals surface area contributed by atoms with Crippen LogP contribution in [0.1, 0.15) is 36.6 Å². The maximum Gasteiger partial charge on any atom is 0.404 e. The number of hydrogen-bond acceptors (Lipinski definition) is 5. The van der Waals surface area contributed by atoms with Gasteiger partial charge < -0.3 is 15.4 Å². The molecule has 0 bridgehead atoms. The van der Waals surface area contributed by atoms with Gasteiger partial charge in [0.15, 0.2) is 0 Å². The number of aromatic nitrogens is 2. The van der Waals surface area contributed by atoms with E-state index in [1.807, 2.05) is 18.2 Å². The third-order valence-corrected chi connectivity index (χ3v) is 5.08. The van der Waals surface area contributed by atoms with Crippen LogP contribution in [0, 0.1) is 0 Å². The van der Waals surface area contributed by atoms with Crippen molar-refractivity contribution in [2.45, 2.75) is 45.3 Å². The van der Waals surface area contributed by atoms with Crippen LogP contribution in [0.2, 0.25) is 0 Å². The van der Waals surface area contributed by atoms with E-state index in [2.05, 4.69) is 17.9 Å². The Kier molecular flexibility index (Phi) is 4.03. The first kappa shape index (κ1) is 15.9. The molecule has 0 radical (unpaired) electrons. The topological polar surface area (TPSA) is 81.3 Å². The molecule has 2 N–H and O–H groups in total. The van der Waals surface area contributed by atoms with Crippen LogP contribution < -0.4 is 10.6 Å². The van der Waals surface area contributed by atoms with Crippen LogP contribution in [-0.4, -0.2) is 28.6 Å². The summed E-state index contributed by atoms with van der Waals surface area (Å²) in [5, 5.41) is 0. The van der Waals surface area contributed by atoms with Crippen molar-refractivity contribution in [1.82, 2.24) is 9.97 Å². The molecule has 2 aliphatic rings. The van der Waals surface area contributed by atoms with Crippen LogP contribution in [-0.2, 0) is 24.2 Å². The minimum Gasteiger partial charge on any atom is -0.445 e. The number of benzene rings is 1. The average molecular weight is 338 g/mol. The van der Waals surface area contributed by atoms with E-state index in [0.717, 1.165) is 48.6 Å². The van der Waals surface area contributed by atoms with Gasteiger partial charge in [0.25, 0.3) is 0 Å². The first-order valence-corrected chi connectivity index (χ1v) is 8.80. The summed E-state index contributed by atoms with van der Waals surface area (Å²) < 4.78 is 4.91. The van der Waals surface area contributed by atoms with E-state index >= 15 is 0 Å². The Morgan fingerprint density at radius 2 is 2.24 bits per heavy atom. The van der Waals surface area contributed by atoms with Gasteiger partial charge in [0.2, 0.25) is 5.95 Å².